The van der Waals surface area contributed by atoms with Gasteiger partial charge in [0, 0.05) is 11.1 Å². The Morgan fingerprint density at radius 1 is 1.03 bits per heavy atom. The molecule has 0 bridgehead atoms. The van der Waals surface area contributed by atoms with Crippen LogP contribution in [0.3, 0.4) is 0 Å². The molecule has 35 heavy (non-hydrogen) atoms. The highest BCUT2D eigenvalue weighted by molar-refractivity contribution is 7.13. The van der Waals surface area contributed by atoms with Crippen LogP contribution in [0, 0.1) is 13.8 Å². The SMILES string of the molecule is CCOOCc1csc(N=Nc2c(O)nc(Nc3ccccc3C)n(-c3ccccc3C)c2=O)n1. The molecule has 0 aliphatic heterocycles. The van der Waals surface area contributed by atoms with Crippen molar-refractivity contribution in [2.24, 2.45) is 10.2 Å². The van der Waals surface area contributed by atoms with Gasteiger partial charge >= 0.3 is 0 Å². The molecule has 0 spiro atoms. The summed E-state index contributed by atoms with van der Waals surface area (Å²) in [6.45, 7) is 6.21. The van der Waals surface area contributed by atoms with Crippen molar-refractivity contribution in [3.05, 3.63) is 81.1 Å². The average molecular weight is 493 g/mol. The third kappa shape index (κ3) is 5.60. The number of nitrogens with zero attached hydrogens (tertiary/aromatic N) is 5. The lowest BCUT2D eigenvalue weighted by atomic mass is 10.2. The molecule has 2 aromatic carbocycles. The van der Waals surface area contributed by atoms with Gasteiger partial charge in [0.15, 0.2) is 0 Å². The summed E-state index contributed by atoms with van der Waals surface area (Å²) in [6.07, 6.45) is 0. The average Bonchev–Trinajstić information content (AvgIpc) is 3.29. The maximum atomic E-state index is 13.6. The Bertz CT molecular complexity index is 1420. The van der Waals surface area contributed by atoms with Crippen LogP contribution in [0.25, 0.3) is 5.69 Å². The molecule has 2 N–H and O–H groups in total. The van der Waals surface area contributed by atoms with E-state index in [4.69, 9.17) is 9.78 Å². The number of para-hydroxylation sites is 2. The van der Waals surface area contributed by atoms with Gasteiger partial charge in [-0.3, -0.25) is 4.79 Å². The fraction of sp³-hybridized carbons (Fsp3) is 0.208. The molecule has 0 saturated heterocycles. The van der Waals surface area contributed by atoms with Crippen LogP contribution in [0.2, 0.25) is 0 Å². The van der Waals surface area contributed by atoms with Gasteiger partial charge in [0.1, 0.15) is 6.61 Å². The number of thiazole rings is 1. The molecule has 11 heteroatoms. The van der Waals surface area contributed by atoms with Crippen LogP contribution in [0.5, 0.6) is 5.88 Å². The maximum Gasteiger partial charge on any atom is 0.291 e. The van der Waals surface area contributed by atoms with Crippen LogP contribution >= 0.6 is 11.3 Å². The van der Waals surface area contributed by atoms with Crippen molar-refractivity contribution in [3.8, 4) is 11.6 Å². The Balaban J connectivity index is 1.75. The second-order valence-electron chi connectivity index (χ2n) is 7.46. The molecule has 0 radical (unpaired) electrons. The van der Waals surface area contributed by atoms with Gasteiger partial charge < -0.3 is 10.4 Å². The van der Waals surface area contributed by atoms with Crippen molar-refractivity contribution >= 4 is 33.8 Å². The topological polar surface area (TPSA) is 123 Å². The normalized spacial score (nSPS) is 11.3. The van der Waals surface area contributed by atoms with E-state index in [1.165, 1.54) is 15.9 Å². The van der Waals surface area contributed by atoms with Gasteiger partial charge in [0.05, 0.1) is 18.0 Å². The lowest BCUT2D eigenvalue weighted by Gasteiger charge is -2.17. The Kier molecular flexibility index (Phi) is 7.60. The van der Waals surface area contributed by atoms with E-state index in [9.17, 15) is 9.90 Å². The van der Waals surface area contributed by atoms with Crippen LogP contribution in [0.1, 0.15) is 23.7 Å². The van der Waals surface area contributed by atoms with E-state index >= 15 is 0 Å². The third-order valence-corrected chi connectivity index (χ3v) is 5.75. The minimum atomic E-state index is -0.580. The van der Waals surface area contributed by atoms with Crippen LogP contribution < -0.4 is 10.9 Å². The molecule has 0 aliphatic rings. The molecular formula is C24H24N6O4S. The molecular weight excluding hydrogens is 468 g/mol. The lowest BCUT2D eigenvalue weighted by Crippen LogP contribution is -2.23. The van der Waals surface area contributed by atoms with E-state index in [-0.39, 0.29) is 18.2 Å². The van der Waals surface area contributed by atoms with Crippen molar-refractivity contribution in [3.63, 3.8) is 0 Å². The summed E-state index contributed by atoms with van der Waals surface area (Å²) in [5.74, 6) is -0.393. The lowest BCUT2D eigenvalue weighted by molar-refractivity contribution is -0.301. The number of aryl methyl sites for hydroxylation is 2. The number of hydrogen-bond acceptors (Lipinski definition) is 10. The molecule has 2 heterocycles. The number of azo groups is 1. The first-order valence-electron chi connectivity index (χ1n) is 10.8. The van der Waals surface area contributed by atoms with Crippen LogP contribution in [-0.4, -0.2) is 26.2 Å². The van der Waals surface area contributed by atoms with Gasteiger partial charge in [-0.15, -0.1) is 21.6 Å². The minimum Gasteiger partial charge on any atom is -0.491 e. The van der Waals surface area contributed by atoms with Crippen LogP contribution in [-0.2, 0) is 16.4 Å². The Morgan fingerprint density at radius 2 is 1.77 bits per heavy atom. The zero-order chi connectivity index (χ0) is 24.8. The van der Waals surface area contributed by atoms with Crippen molar-refractivity contribution in [1.82, 2.24) is 14.5 Å². The van der Waals surface area contributed by atoms with E-state index in [0.717, 1.165) is 16.8 Å². The molecule has 0 fully saturated rings. The number of hydrogen-bond donors (Lipinski definition) is 2. The van der Waals surface area contributed by atoms with E-state index in [1.54, 1.807) is 11.4 Å². The Morgan fingerprint density at radius 3 is 2.51 bits per heavy atom. The van der Waals surface area contributed by atoms with Gasteiger partial charge in [-0.05, 0) is 44.0 Å². The predicted octanol–water partition coefficient (Wildman–Crippen LogP) is 5.64. The highest BCUT2D eigenvalue weighted by atomic mass is 32.1. The predicted molar refractivity (Wildman–Crippen MR) is 133 cm³/mol. The van der Waals surface area contributed by atoms with Gasteiger partial charge in [-0.1, -0.05) is 36.4 Å². The molecule has 10 nitrogen and oxygen atoms in total. The van der Waals surface area contributed by atoms with Crippen LogP contribution in [0.4, 0.5) is 22.5 Å². The molecule has 0 aliphatic carbocycles. The Labute approximate surface area is 205 Å². The summed E-state index contributed by atoms with van der Waals surface area (Å²) in [6, 6.07) is 15.0. The van der Waals surface area contributed by atoms with Crippen molar-refractivity contribution in [2.45, 2.75) is 27.4 Å². The monoisotopic (exact) mass is 492 g/mol. The first-order chi connectivity index (χ1) is 17.0. The van der Waals surface area contributed by atoms with Crippen molar-refractivity contribution < 1.29 is 14.9 Å². The molecule has 180 valence electrons. The highest BCUT2D eigenvalue weighted by Gasteiger charge is 2.19. The first-order valence-corrected chi connectivity index (χ1v) is 11.7. The fourth-order valence-electron chi connectivity index (χ4n) is 3.23. The molecule has 0 amide bonds. The van der Waals surface area contributed by atoms with Gasteiger partial charge in [-0.25, -0.2) is 19.3 Å². The zero-order valence-electron chi connectivity index (χ0n) is 19.4. The summed E-state index contributed by atoms with van der Waals surface area (Å²) >= 11 is 1.22. The molecule has 0 saturated carbocycles. The van der Waals surface area contributed by atoms with Gasteiger partial charge in [0.25, 0.3) is 5.56 Å². The molecule has 2 aromatic heterocycles. The van der Waals surface area contributed by atoms with E-state index in [2.05, 4.69) is 25.5 Å². The van der Waals surface area contributed by atoms with Gasteiger partial charge in [0.2, 0.25) is 22.6 Å². The molecule has 4 rings (SSSR count). The van der Waals surface area contributed by atoms with Crippen molar-refractivity contribution in [1.29, 1.82) is 0 Å². The summed E-state index contributed by atoms with van der Waals surface area (Å²) < 4.78 is 1.37. The van der Waals surface area contributed by atoms with Crippen molar-refractivity contribution in [2.75, 3.05) is 11.9 Å². The summed E-state index contributed by atoms with van der Waals surface area (Å²) in [5, 5.41) is 23.8. The smallest absolute Gasteiger partial charge is 0.291 e. The molecule has 0 atom stereocenters. The van der Waals surface area contributed by atoms with E-state index < -0.39 is 11.4 Å². The Hall–Kier alpha value is -3.93. The second-order valence-corrected chi connectivity index (χ2v) is 8.30. The third-order valence-electron chi connectivity index (χ3n) is 4.97. The fourth-order valence-corrected chi connectivity index (χ4v) is 3.85. The quantitative estimate of drug-likeness (QED) is 0.134. The maximum absolute atomic E-state index is 13.6. The second kappa shape index (κ2) is 11.0. The van der Waals surface area contributed by atoms with E-state index in [1.807, 2.05) is 63.2 Å². The van der Waals surface area contributed by atoms with E-state index in [0.29, 0.717) is 23.1 Å². The number of benzene rings is 2. The van der Waals surface area contributed by atoms with Crippen LogP contribution in [0.15, 0.2) is 68.9 Å². The number of anilines is 2. The summed E-state index contributed by atoms with van der Waals surface area (Å²) in [7, 11) is 0. The highest BCUT2D eigenvalue weighted by Crippen LogP contribution is 2.29. The van der Waals surface area contributed by atoms with Gasteiger partial charge in [-0.2, -0.15) is 4.98 Å². The number of aromatic nitrogens is 3. The zero-order valence-corrected chi connectivity index (χ0v) is 20.2. The summed E-state index contributed by atoms with van der Waals surface area (Å²) in [4.78, 5) is 31.9. The standard InChI is InChI=1S/C24H24N6O4S/c1-4-33-34-13-17-14-35-24(25-17)29-28-20-21(31)27-23(26-18-11-7-5-9-15(18)2)30(22(20)32)19-12-8-6-10-16(19)3/h5-12,14,31H,4,13H2,1-3H3,(H,26,27). The first kappa shape index (κ1) is 24.2. The minimum absolute atomic E-state index is 0.152. The number of aromatic hydroxyl groups is 1. The summed E-state index contributed by atoms with van der Waals surface area (Å²) in [5.41, 5.74) is 2.87. The number of nitrogens with one attached hydrogen (secondary N) is 1. The molecule has 0 unspecified atom stereocenters. The largest absolute Gasteiger partial charge is 0.491 e. The number of rotatable bonds is 9. The molecule has 4 aromatic rings.